The lowest BCUT2D eigenvalue weighted by Gasteiger charge is -2.10. The number of methoxy groups -OCH3 is 1. The molecular weight excluding hydrogens is 391 g/mol. The number of halogens is 2. The van der Waals surface area contributed by atoms with E-state index in [4.69, 9.17) is 37.1 Å². The Bertz CT molecular complexity index is 941. The molecule has 0 unspecified atom stereocenters. The Morgan fingerprint density at radius 2 is 1.89 bits per heavy atom. The van der Waals surface area contributed by atoms with E-state index in [2.05, 4.69) is 10.2 Å². The first-order chi connectivity index (χ1) is 13.0. The molecule has 1 aromatic heterocycles. The maximum absolute atomic E-state index is 12.2. The fourth-order valence-electron chi connectivity index (χ4n) is 2.36. The third kappa shape index (κ3) is 4.78. The van der Waals surface area contributed by atoms with Gasteiger partial charge in [0.25, 0.3) is 5.89 Å². The minimum Gasteiger partial charge on any atom is -0.497 e. The Hall–Kier alpha value is -2.57. The predicted molar refractivity (Wildman–Crippen MR) is 101 cm³/mol. The molecule has 0 saturated heterocycles. The summed E-state index contributed by atoms with van der Waals surface area (Å²) in [6, 6.07) is 12.1. The van der Waals surface area contributed by atoms with Gasteiger partial charge in [-0.3, -0.25) is 4.79 Å². The number of ether oxygens (including phenoxy) is 2. The van der Waals surface area contributed by atoms with Crippen molar-refractivity contribution in [3.63, 3.8) is 0 Å². The number of hydrogen-bond donors (Lipinski definition) is 0. The second-order valence-corrected chi connectivity index (χ2v) is 6.56. The molecule has 1 heterocycles. The number of carbonyl (C=O) groups excluding carboxylic acids is 1. The van der Waals surface area contributed by atoms with Crippen LogP contribution in [0.3, 0.4) is 0 Å². The Morgan fingerprint density at radius 1 is 1.15 bits per heavy atom. The summed E-state index contributed by atoms with van der Waals surface area (Å²) in [4.78, 5) is 12.2. The minimum absolute atomic E-state index is 0.0137. The van der Waals surface area contributed by atoms with Crippen molar-refractivity contribution in [1.82, 2.24) is 10.2 Å². The molecule has 140 valence electrons. The third-order valence-electron chi connectivity index (χ3n) is 3.78. The smallest absolute Gasteiger partial charge is 0.311 e. The minimum atomic E-state index is -0.692. The van der Waals surface area contributed by atoms with E-state index in [1.807, 2.05) is 0 Å². The zero-order valence-corrected chi connectivity index (χ0v) is 16.1. The summed E-state index contributed by atoms with van der Waals surface area (Å²) in [5, 5.41) is 8.86. The van der Waals surface area contributed by atoms with E-state index in [1.165, 1.54) is 0 Å². The molecule has 3 aromatic rings. The van der Waals surface area contributed by atoms with Crippen LogP contribution in [0.5, 0.6) is 5.75 Å². The number of esters is 1. The Kier molecular flexibility index (Phi) is 5.98. The molecule has 2 aromatic carbocycles. The van der Waals surface area contributed by atoms with Crippen molar-refractivity contribution in [3.8, 4) is 17.2 Å². The van der Waals surface area contributed by atoms with Crippen molar-refractivity contribution in [3.05, 3.63) is 64.0 Å². The van der Waals surface area contributed by atoms with Crippen LogP contribution in [-0.4, -0.2) is 23.3 Å². The summed E-state index contributed by atoms with van der Waals surface area (Å²) in [6.07, 6.45) is -0.678. The van der Waals surface area contributed by atoms with Crippen molar-refractivity contribution in [2.24, 2.45) is 0 Å². The topological polar surface area (TPSA) is 74.5 Å². The van der Waals surface area contributed by atoms with E-state index in [0.717, 1.165) is 11.3 Å². The highest BCUT2D eigenvalue weighted by Crippen LogP contribution is 2.25. The maximum Gasteiger partial charge on any atom is 0.311 e. The summed E-state index contributed by atoms with van der Waals surface area (Å²) < 4.78 is 16.1. The number of carbonyl (C=O) groups is 1. The van der Waals surface area contributed by atoms with E-state index in [1.54, 1.807) is 56.5 Å². The van der Waals surface area contributed by atoms with Gasteiger partial charge < -0.3 is 13.9 Å². The molecule has 8 heteroatoms. The lowest BCUT2D eigenvalue weighted by atomic mass is 10.1. The summed E-state index contributed by atoms with van der Waals surface area (Å²) in [5.74, 6) is 0.797. The van der Waals surface area contributed by atoms with Crippen molar-refractivity contribution >= 4 is 29.2 Å². The molecule has 0 aliphatic heterocycles. The van der Waals surface area contributed by atoms with Crippen molar-refractivity contribution < 1.29 is 18.7 Å². The third-order valence-corrected chi connectivity index (χ3v) is 4.37. The van der Waals surface area contributed by atoms with Crippen LogP contribution >= 0.6 is 23.2 Å². The Labute approximate surface area is 166 Å². The van der Waals surface area contributed by atoms with E-state index in [9.17, 15) is 4.79 Å². The highest BCUT2D eigenvalue weighted by Gasteiger charge is 2.20. The van der Waals surface area contributed by atoms with Crippen LogP contribution in [0.15, 0.2) is 46.9 Å². The van der Waals surface area contributed by atoms with Crippen molar-refractivity contribution in [1.29, 1.82) is 0 Å². The molecular formula is C19H16Cl2N2O4. The van der Waals surface area contributed by atoms with Crippen LogP contribution < -0.4 is 4.74 Å². The number of nitrogens with zero attached hydrogens (tertiary/aromatic N) is 2. The number of rotatable bonds is 6. The molecule has 0 radical (unpaired) electrons. The van der Waals surface area contributed by atoms with Crippen LogP contribution in [0.2, 0.25) is 10.0 Å². The second-order valence-electron chi connectivity index (χ2n) is 5.72. The molecule has 0 aliphatic carbocycles. The lowest BCUT2D eigenvalue weighted by Crippen LogP contribution is -2.12. The van der Waals surface area contributed by atoms with E-state index >= 15 is 0 Å². The highest BCUT2D eigenvalue weighted by molar-refractivity contribution is 6.35. The average Bonchev–Trinajstić information content (AvgIpc) is 3.14. The molecule has 0 saturated carbocycles. The van der Waals surface area contributed by atoms with Gasteiger partial charge in [-0.1, -0.05) is 29.3 Å². The van der Waals surface area contributed by atoms with E-state index < -0.39 is 12.1 Å². The SMILES string of the molecule is COc1ccc(-c2nnc([C@@H](C)OC(=O)Cc3ccc(Cl)cc3Cl)o2)cc1. The van der Waals surface area contributed by atoms with Crippen LogP contribution in [0.1, 0.15) is 24.5 Å². The number of aromatic nitrogens is 2. The van der Waals surface area contributed by atoms with Gasteiger partial charge >= 0.3 is 5.97 Å². The van der Waals surface area contributed by atoms with Gasteiger partial charge in [-0.15, -0.1) is 10.2 Å². The zero-order valence-electron chi connectivity index (χ0n) is 14.6. The second kappa shape index (κ2) is 8.41. The monoisotopic (exact) mass is 406 g/mol. The lowest BCUT2D eigenvalue weighted by molar-refractivity contribution is -0.148. The molecule has 0 N–H and O–H groups in total. The van der Waals surface area contributed by atoms with Crippen molar-refractivity contribution in [2.45, 2.75) is 19.4 Å². The van der Waals surface area contributed by atoms with Gasteiger partial charge in [0, 0.05) is 15.6 Å². The standard InChI is InChI=1S/C19H16Cl2N2O4/c1-11(26-17(24)9-13-3-6-14(20)10-16(13)21)18-22-23-19(27-18)12-4-7-15(25-2)8-5-12/h3-8,10-11H,9H2,1-2H3/t11-/m1/s1. The van der Waals surface area contributed by atoms with Crippen molar-refractivity contribution in [2.75, 3.05) is 7.11 Å². The number of benzene rings is 2. The molecule has 0 spiro atoms. The molecule has 0 amide bonds. The Morgan fingerprint density at radius 3 is 2.56 bits per heavy atom. The fourth-order valence-corrected chi connectivity index (χ4v) is 2.83. The molecule has 0 fully saturated rings. The predicted octanol–water partition coefficient (Wildman–Crippen LogP) is 4.90. The maximum atomic E-state index is 12.2. The van der Waals surface area contributed by atoms with E-state index in [0.29, 0.717) is 21.5 Å². The molecule has 3 rings (SSSR count). The fraction of sp³-hybridized carbons (Fsp3) is 0.211. The van der Waals surface area contributed by atoms with Crippen LogP contribution in [0.25, 0.3) is 11.5 Å². The number of hydrogen-bond acceptors (Lipinski definition) is 6. The van der Waals surface area contributed by atoms with Crippen LogP contribution in [-0.2, 0) is 16.0 Å². The summed E-state index contributed by atoms with van der Waals surface area (Å²) in [6.45, 7) is 1.66. The van der Waals surface area contributed by atoms with Gasteiger partial charge in [0.1, 0.15) is 5.75 Å². The van der Waals surface area contributed by atoms with Gasteiger partial charge in [-0.25, -0.2) is 0 Å². The quantitative estimate of drug-likeness (QED) is 0.541. The molecule has 6 nitrogen and oxygen atoms in total. The Balaban J connectivity index is 1.64. The van der Waals surface area contributed by atoms with Gasteiger partial charge in [0.2, 0.25) is 5.89 Å². The largest absolute Gasteiger partial charge is 0.497 e. The van der Waals surface area contributed by atoms with Gasteiger partial charge in [-0.05, 0) is 48.9 Å². The summed E-state index contributed by atoms with van der Waals surface area (Å²) >= 11 is 11.9. The molecule has 0 bridgehead atoms. The zero-order chi connectivity index (χ0) is 19.4. The first-order valence-corrected chi connectivity index (χ1v) is 8.83. The van der Waals surface area contributed by atoms with Gasteiger partial charge in [-0.2, -0.15) is 0 Å². The molecule has 27 heavy (non-hydrogen) atoms. The highest BCUT2D eigenvalue weighted by atomic mass is 35.5. The van der Waals surface area contributed by atoms with Gasteiger partial charge in [0.05, 0.1) is 13.5 Å². The molecule has 0 aliphatic rings. The van der Waals surface area contributed by atoms with E-state index in [-0.39, 0.29) is 12.3 Å². The first kappa shape index (κ1) is 19.2. The van der Waals surface area contributed by atoms with Crippen LogP contribution in [0, 0.1) is 0 Å². The summed E-state index contributed by atoms with van der Waals surface area (Å²) in [5.41, 5.74) is 1.36. The van der Waals surface area contributed by atoms with Gasteiger partial charge in [0.15, 0.2) is 6.10 Å². The summed E-state index contributed by atoms with van der Waals surface area (Å²) in [7, 11) is 1.59. The normalized spacial score (nSPS) is 11.9. The average molecular weight is 407 g/mol. The molecule has 1 atom stereocenters. The van der Waals surface area contributed by atoms with Crippen LogP contribution in [0.4, 0.5) is 0 Å². The first-order valence-electron chi connectivity index (χ1n) is 8.07.